The van der Waals surface area contributed by atoms with Gasteiger partial charge in [0.25, 0.3) is 10.0 Å². The number of benzene rings is 4. The van der Waals surface area contributed by atoms with Crippen LogP contribution in [0, 0.1) is 5.41 Å². The summed E-state index contributed by atoms with van der Waals surface area (Å²) in [6.07, 6.45) is 2.58. The molecule has 0 aliphatic heterocycles. The summed E-state index contributed by atoms with van der Waals surface area (Å²) >= 11 is 0. The maximum Gasteiger partial charge on any atom is 0.265 e. The SMILES string of the molecule is CCc1c(CCN)cc2c(N)cccc2c1S(=O)(=O)N(CC)c1ccc2c(c1)nc(CCc1ccc(C(=N)N)cc1)n2C. The number of aromatic nitrogens is 2. The second-order valence-corrected chi connectivity index (χ2v) is 12.5. The first-order valence-corrected chi connectivity index (χ1v) is 16.0. The van der Waals surface area contributed by atoms with Crippen molar-refractivity contribution in [3.8, 4) is 0 Å². The molecule has 0 fully saturated rings. The molecule has 0 spiro atoms. The zero-order valence-electron chi connectivity index (χ0n) is 24.9. The number of nitrogens with two attached hydrogens (primary N) is 3. The molecule has 5 aromatic rings. The molecule has 0 amide bonds. The average molecular weight is 598 g/mol. The first kappa shape index (κ1) is 30.1. The molecular weight excluding hydrogens is 558 g/mol. The van der Waals surface area contributed by atoms with Gasteiger partial charge in [0.1, 0.15) is 11.7 Å². The molecule has 5 rings (SSSR count). The highest BCUT2D eigenvalue weighted by Gasteiger charge is 2.30. The number of fused-ring (bicyclic) bond motifs is 2. The molecule has 224 valence electrons. The lowest BCUT2D eigenvalue weighted by Crippen LogP contribution is -2.32. The van der Waals surface area contributed by atoms with Gasteiger partial charge in [-0.25, -0.2) is 13.4 Å². The molecule has 1 aromatic heterocycles. The molecule has 0 bridgehead atoms. The third kappa shape index (κ3) is 5.55. The number of sulfonamides is 1. The van der Waals surface area contributed by atoms with E-state index in [2.05, 4.69) is 4.57 Å². The molecule has 9 nitrogen and oxygen atoms in total. The number of nitrogen functional groups attached to an aromatic ring is 2. The molecule has 1 heterocycles. The third-order valence-corrected chi connectivity index (χ3v) is 10.1. The van der Waals surface area contributed by atoms with Crippen molar-refractivity contribution in [3.63, 3.8) is 0 Å². The molecule has 0 aliphatic carbocycles. The van der Waals surface area contributed by atoms with Crippen LogP contribution >= 0.6 is 0 Å². The Morgan fingerprint density at radius 3 is 2.37 bits per heavy atom. The van der Waals surface area contributed by atoms with Gasteiger partial charge in [0.15, 0.2) is 0 Å². The molecule has 43 heavy (non-hydrogen) atoms. The number of hydrogen-bond donors (Lipinski definition) is 4. The second kappa shape index (κ2) is 12.1. The van der Waals surface area contributed by atoms with Crippen LogP contribution in [-0.4, -0.2) is 36.9 Å². The highest BCUT2D eigenvalue weighted by atomic mass is 32.2. The van der Waals surface area contributed by atoms with Crippen molar-refractivity contribution in [2.45, 2.75) is 44.4 Å². The first-order valence-electron chi connectivity index (χ1n) is 14.5. The number of imidazole rings is 1. The molecule has 10 heteroatoms. The minimum absolute atomic E-state index is 0.0485. The van der Waals surface area contributed by atoms with Crippen LogP contribution in [0.1, 0.15) is 41.9 Å². The zero-order valence-corrected chi connectivity index (χ0v) is 25.7. The zero-order chi connectivity index (χ0) is 30.9. The van der Waals surface area contributed by atoms with Gasteiger partial charge in [-0.15, -0.1) is 0 Å². The number of nitrogens with zero attached hydrogens (tertiary/aromatic N) is 3. The number of aryl methyl sites for hydroxylation is 3. The van der Waals surface area contributed by atoms with E-state index in [4.69, 9.17) is 27.6 Å². The van der Waals surface area contributed by atoms with Crippen molar-refractivity contribution < 1.29 is 8.42 Å². The average Bonchev–Trinajstić information content (AvgIpc) is 3.30. The van der Waals surface area contributed by atoms with Crippen LogP contribution in [0.15, 0.2) is 71.6 Å². The van der Waals surface area contributed by atoms with Gasteiger partial charge in [-0.1, -0.05) is 43.3 Å². The van der Waals surface area contributed by atoms with E-state index in [0.717, 1.165) is 45.4 Å². The van der Waals surface area contributed by atoms with E-state index in [1.54, 1.807) is 12.1 Å². The van der Waals surface area contributed by atoms with Gasteiger partial charge in [0.2, 0.25) is 0 Å². The number of amidine groups is 1. The minimum atomic E-state index is -3.98. The van der Waals surface area contributed by atoms with E-state index < -0.39 is 10.0 Å². The minimum Gasteiger partial charge on any atom is -0.398 e. The van der Waals surface area contributed by atoms with E-state index in [1.165, 1.54) is 4.31 Å². The monoisotopic (exact) mass is 597 g/mol. The summed E-state index contributed by atoms with van der Waals surface area (Å²) in [6.45, 7) is 4.47. The standard InChI is InChI=1S/C33H39N7O2S/c1-4-25-23(17-18-34)19-27-26(7-6-8-28(27)35)32(25)43(41,42)40(5-2)24-14-15-30-29(20-24)38-31(39(30)3)16-11-21-9-12-22(13-10-21)33(36)37/h6-10,12-15,19-20H,4-5,11,16-18,34-35H2,1-3H3,(H3,36,37). The van der Waals surface area contributed by atoms with Gasteiger partial charge in [-0.2, -0.15) is 0 Å². The van der Waals surface area contributed by atoms with Crippen molar-refractivity contribution >= 4 is 49.0 Å². The summed E-state index contributed by atoms with van der Waals surface area (Å²) in [6, 6.07) is 20.7. The van der Waals surface area contributed by atoms with Crippen molar-refractivity contribution in [2.75, 3.05) is 23.1 Å². The number of anilines is 2. The van der Waals surface area contributed by atoms with Crippen LogP contribution < -0.4 is 21.5 Å². The summed E-state index contributed by atoms with van der Waals surface area (Å²) in [4.78, 5) is 5.19. The Balaban J connectivity index is 1.54. The van der Waals surface area contributed by atoms with Gasteiger partial charge in [0, 0.05) is 42.0 Å². The van der Waals surface area contributed by atoms with Crippen LogP contribution in [0.2, 0.25) is 0 Å². The molecule has 7 N–H and O–H groups in total. The predicted molar refractivity (Wildman–Crippen MR) is 176 cm³/mol. The summed E-state index contributed by atoms with van der Waals surface area (Å²) in [5.74, 6) is 0.949. The van der Waals surface area contributed by atoms with Crippen LogP contribution in [-0.2, 0) is 42.8 Å². The maximum atomic E-state index is 14.6. The molecule has 0 saturated carbocycles. The van der Waals surface area contributed by atoms with Gasteiger partial charge < -0.3 is 21.8 Å². The lowest BCUT2D eigenvalue weighted by molar-refractivity contribution is 0.591. The molecule has 0 saturated heterocycles. The predicted octanol–water partition coefficient (Wildman–Crippen LogP) is 4.66. The topological polar surface area (TPSA) is 157 Å². The largest absolute Gasteiger partial charge is 0.398 e. The smallest absolute Gasteiger partial charge is 0.265 e. The molecule has 0 aliphatic rings. The molecule has 0 unspecified atom stereocenters. The van der Waals surface area contributed by atoms with Gasteiger partial charge >= 0.3 is 0 Å². The highest BCUT2D eigenvalue weighted by molar-refractivity contribution is 7.93. The number of nitrogens with one attached hydrogen (secondary N) is 1. The maximum absolute atomic E-state index is 14.6. The Morgan fingerprint density at radius 2 is 1.72 bits per heavy atom. The Morgan fingerprint density at radius 1 is 0.977 bits per heavy atom. The number of rotatable bonds is 11. The van der Waals surface area contributed by atoms with Gasteiger partial charge in [0.05, 0.1) is 21.6 Å². The van der Waals surface area contributed by atoms with Crippen molar-refractivity contribution in [2.24, 2.45) is 18.5 Å². The fraction of sp³-hybridized carbons (Fsp3) is 0.273. The molecule has 0 atom stereocenters. The van der Waals surface area contributed by atoms with Crippen molar-refractivity contribution in [3.05, 3.63) is 94.8 Å². The third-order valence-electron chi connectivity index (χ3n) is 8.11. The Bertz CT molecular complexity index is 1930. The Hall–Kier alpha value is -4.41. The van der Waals surface area contributed by atoms with Crippen LogP contribution in [0.25, 0.3) is 21.8 Å². The first-order chi connectivity index (χ1) is 20.6. The fourth-order valence-electron chi connectivity index (χ4n) is 5.90. The number of hydrogen-bond acceptors (Lipinski definition) is 6. The second-order valence-electron chi connectivity index (χ2n) is 10.7. The molecule has 4 aromatic carbocycles. The lowest BCUT2D eigenvalue weighted by Gasteiger charge is -2.26. The van der Waals surface area contributed by atoms with Gasteiger partial charge in [-0.3, -0.25) is 9.71 Å². The van der Waals surface area contributed by atoms with E-state index in [0.29, 0.717) is 53.0 Å². The fourth-order valence-corrected chi connectivity index (χ4v) is 7.89. The normalized spacial score (nSPS) is 11.8. The lowest BCUT2D eigenvalue weighted by atomic mass is 9.96. The van der Waals surface area contributed by atoms with Gasteiger partial charge in [-0.05, 0) is 79.8 Å². The summed E-state index contributed by atoms with van der Waals surface area (Å²) in [5.41, 5.74) is 24.1. The molecule has 0 radical (unpaired) electrons. The van der Waals surface area contributed by atoms with Crippen molar-refractivity contribution in [1.82, 2.24) is 9.55 Å². The summed E-state index contributed by atoms with van der Waals surface area (Å²) in [5, 5.41) is 8.93. The van der Waals surface area contributed by atoms with E-state index >= 15 is 0 Å². The van der Waals surface area contributed by atoms with Crippen LogP contribution in [0.5, 0.6) is 0 Å². The summed E-state index contributed by atoms with van der Waals surface area (Å²) in [7, 11) is -2.00. The van der Waals surface area contributed by atoms with Crippen molar-refractivity contribution in [1.29, 1.82) is 5.41 Å². The van der Waals surface area contributed by atoms with E-state index in [9.17, 15) is 8.42 Å². The van der Waals surface area contributed by atoms with E-state index in [1.807, 2.05) is 75.5 Å². The van der Waals surface area contributed by atoms with E-state index in [-0.39, 0.29) is 12.4 Å². The quantitative estimate of drug-likeness (QED) is 0.0986. The Kier molecular flexibility index (Phi) is 8.43. The summed E-state index contributed by atoms with van der Waals surface area (Å²) < 4.78 is 32.6. The molecular formula is C33H39N7O2S. The van der Waals surface area contributed by atoms with Crippen LogP contribution in [0.4, 0.5) is 11.4 Å². The Labute approximate surface area is 252 Å². The van der Waals surface area contributed by atoms with Crippen LogP contribution in [0.3, 0.4) is 0 Å². The highest BCUT2D eigenvalue weighted by Crippen LogP contribution is 2.37.